The zero-order chi connectivity index (χ0) is 11.5. The Morgan fingerprint density at radius 2 is 1.94 bits per heavy atom. The molecule has 0 aliphatic rings. The number of carbonyl (C=O) groups excluding carboxylic acids is 1. The van der Waals surface area contributed by atoms with Crippen molar-refractivity contribution in [2.24, 2.45) is 0 Å². The molecule has 0 radical (unpaired) electrons. The molecule has 0 N–H and O–H groups in total. The number of ether oxygens (including phenoxy) is 1. The molecule has 2 heterocycles. The van der Waals surface area contributed by atoms with Gasteiger partial charge >= 0.3 is 5.97 Å². The standard InChI is InChI=1S/C11H7NO2S2/c1-14-11(13)10-5-4-9(16-10)8-3-2-7(6-12)15-8/h2-5H,1H3. The molecule has 0 fully saturated rings. The topological polar surface area (TPSA) is 50.1 Å². The number of nitriles is 1. The van der Waals surface area contributed by atoms with Crippen molar-refractivity contribution in [2.75, 3.05) is 7.11 Å². The van der Waals surface area contributed by atoms with Gasteiger partial charge in [0.15, 0.2) is 0 Å². The first-order valence-electron chi connectivity index (χ1n) is 4.43. The lowest BCUT2D eigenvalue weighted by atomic mass is 10.3. The highest BCUT2D eigenvalue weighted by atomic mass is 32.1. The molecule has 2 aromatic rings. The summed E-state index contributed by atoms with van der Waals surface area (Å²) < 4.78 is 4.63. The van der Waals surface area contributed by atoms with Gasteiger partial charge in [-0.1, -0.05) is 0 Å². The first-order chi connectivity index (χ1) is 7.74. The summed E-state index contributed by atoms with van der Waals surface area (Å²) in [5.74, 6) is -0.326. The van der Waals surface area contributed by atoms with E-state index in [1.165, 1.54) is 29.8 Å². The molecule has 3 nitrogen and oxygen atoms in total. The Labute approximate surface area is 101 Å². The molecule has 0 saturated carbocycles. The molecule has 0 atom stereocenters. The van der Waals surface area contributed by atoms with Gasteiger partial charge in [0, 0.05) is 9.75 Å². The molecule has 80 valence electrons. The molecular weight excluding hydrogens is 242 g/mol. The van der Waals surface area contributed by atoms with Crippen LogP contribution < -0.4 is 0 Å². The summed E-state index contributed by atoms with van der Waals surface area (Å²) in [6, 6.07) is 9.35. The molecule has 16 heavy (non-hydrogen) atoms. The van der Waals surface area contributed by atoms with Crippen molar-refractivity contribution in [3.63, 3.8) is 0 Å². The van der Waals surface area contributed by atoms with Crippen molar-refractivity contribution in [1.82, 2.24) is 0 Å². The number of methoxy groups -OCH3 is 1. The van der Waals surface area contributed by atoms with Crippen LogP contribution in [0.15, 0.2) is 24.3 Å². The molecular formula is C11H7NO2S2. The highest BCUT2D eigenvalue weighted by Crippen LogP contribution is 2.33. The number of nitrogens with zero attached hydrogens (tertiary/aromatic N) is 1. The van der Waals surface area contributed by atoms with Crippen LogP contribution in [-0.4, -0.2) is 13.1 Å². The summed E-state index contributed by atoms with van der Waals surface area (Å²) in [5.41, 5.74) is 0. The minimum absolute atomic E-state index is 0.326. The smallest absolute Gasteiger partial charge is 0.348 e. The van der Waals surface area contributed by atoms with Gasteiger partial charge in [-0.25, -0.2) is 4.79 Å². The maximum atomic E-state index is 11.3. The molecule has 0 aliphatic heterocycles. The van der Waals surface area contributed by atoms with Crippen molar-refractivity contribution in [1.29, 1.82) is 5.26 Å². The molecule has 0 bridgehead atoms. The Morgan fingerprint density at radius 3 is 2.56 bits per heavy atom. The molecule has 2 aromatic heterocycles. The predicted molar refractivity (Wildman–Crippen MR) is 63.7 cm³/mol. The Hall–Kier alpha value is -1.64. The van der Waals surface area contributed by atoms with Crippen molar-refractivity contribution < 1.29 is 9.53 Å². The third kappa shape index (κ3) is 1.98. The number of rotatable bonds is 2. The fraction of sp³-hybridized carbons (Fsp3) is 0.0909. The van der Waals surface area contributed by atoms with Gasteiger partial charge < -0.3 is 4.74 Å². The summed E-state index contributed by atoms with van der Waals surface area (Å²) in [6.45, 7) is 0. The van der Waals surface area contributed by atoms with Crippen LogP contribution in [-0.2, 0) is 4.74 Å². The maximum absolute atomic E-state index is 11.3. The number of hydrogen-bond acceptors (Lipinski definition) is 5. The van der Waals surface area contributed by atoms with Gasteiger partial charge in [-0.2, -0.15) is 5.26 Å². The monoisotopic (exact) mass is 249 g/mol. The Bertz CT molecular complexity index is 563. The van der Waals surface area contributed by atoms with Crippen molar-refractivity contribution in [3.05, 3.63) is 34.0 Å². The number of hydrogen-bond donors (Lipinski definition) is 0. The van der Waals surface area contributed by atoms with E-state index in [0.29, 0.717) is 9.75 Å². The second-order valence-corrected chi connectivity index (χ2v) is 5.10. The molecule has 0 aliphatic carbocycles. The van der Waals surface area contributed by atoms with E-state index in [1.54, 1.807) is 12.1 Å². The summed E-state index contributed by atoms with van der Waals surface area (Å²) in [6.07, 6.45) is 0. The molecule has 2 rings (SSSR count). The predicted octanol–water partition coefficient (Wildman–Crippen LogP) is 3.13. The molecule has 5 heteroatoms. The first kappa shape index (κ1) is 10.9. The first-order valence-corrected chi connectivity index (χ1v) is 6.06. The quantitative estimate of drug-likeness (QED) is 0.768. The summed E-state index contributed by atoms with van der Waals surface area (Å²) in [5, 5.41) is 8.72. The normalized spacial score (nSPS) is 9.75. The average molecular weight is 249 g/mol. The van der Waals surface area contributed by atoms with Gasteiger partial charge in [0.1, 0.15) is 15.8 Å². The fourth-order valence-corrected chi connectivity index (χ4v) is 3.03. The zero-order valence-electron chi connectivity index (χ0n) is 8.39. The van der Waals surface area contributed by atoms with Crippen LogP contribution in [0.25, 0.3) is 9.75 Å². The van der Waals surface area contributed by atoms with Crippen LogP contribution in [0.4, 0.5) is 0 Å². The van der Waals surface area contributed by atoms with E-state index in [0.717, 1.165) is 9.75 Å². The van der Waals surface area contributed by atoms with Crippen LogP contribution in [0.2, 0.25) is 0 Å². The summed E-state index contributed by atoms with van der Waals surface area (Å²) >= 11 is 2.78. The maximum Gasteiger partial charge on any atom is 0.348 e. The number of thiophene rings is 2. The lowest BCUT2D eigenvalue weighted by molar-refractivity contribution is 0.0606. The van der Waals surface area contributed by atoms with Gasteiger partial charge in [0.2, 0.25) is 0 Å². The van der Waals surface area contributed by atoms with Crippen molar-refractivity contribution in [2.45, 2.75) is 0 Å². The summed E-state index contributed by atoms with van der Waals surface area (Å²) in [4.78, 5) is 14.5. The highest BCUT2D eigenvalue weighted by molar-refractivity contribution is 7.23. The van der Waals surface area contributed by atoms with E-state index in [4.69, 9.17) is 5.26 Å². The van der Waals surface area contributed by atoms with E-state index in [9.17, 15) is 4.79 Å². The second-order valence-electron chi connectivity index (χ2n) is 2.93. The van der Waals surface area contributed by atoms with Crippen LogP contribution in [0.1, 0.15) is 14.5 Å². The Balaban J connectivity index is 2.32. The SMILES string of the molecule is COC(=O)c1ccc(-c2ccc(C#N)s2)s1. The van der Waals surface area contributed by atoms with Gasteiger partial charge in [-0.3, -0.25) is 0 Å². The fourth-order valence-electron chi connectivity index (χ4n) is 1.21. The molecule has 0 spiro atoms. The third-order valence-electron chi connectivity index (χ3n) is 1.95. The van der Waals surface area contributed by atoms with E-state index >= 15 is 0 Å². The lowest BCUT2D eigenvalue weighted by Gasteiger charge is -1.92. The van der Waals surface area contributed by atoms with Gasteiger partial charge in [-0.15, -0.1) is 22.7 Å². The largest absolute Gasteiger partial charge is 0.465 e. The van der Waals surface area contributed by atoms with Gasteiger partial charge in [-0.05, 0) is 24.3 Å². The van der Waals surface area contributed by atoms with E-state index < -0.39 is 0 Å². The van der Waals surface area contributed by atoms with E-state index in [1.807, 2.05) is 12.1 Å². The van der Waals surface area contributed by atoms with Crippen molar-refractivity contribution >= 4 is 28.6 Å². The average Bonchev–Trinajstić information content (AvgIpc) is 2.95. The highest BCUT2D eigenvalue weighted by Gasteiger charge is 2.11. The number of esters is 1. The van der Waals surface area contributed by atoms with Crippen LogP contribution in [0.3, 0.4) is 0 Å². The third-order valence-corrected chi connectivity index (χ3v) is 4.20. The van der Waals surface area contributed by atoms with Crippen molar-refractivity contribution in [3.8, 4) is 15.8 Å². The molecule has 0 unspecified atom stereocenters. The Kier molecular flexibility index (Phi) is 3.04. The minimum Gasteiger partial charge on any atom is -0.465 e. The zero-order valence-corrected chi connectivity index (χ0v) is 10.0. The molecule has 0 saturated heterocycles. The van der Waals surface area contributed by atoms with Crippen LogP contribution >= 0.6 is 22.7 Å². The lowest BCUT2D eigenvalue weighted by Crippen LogP contribution is -1.96. The van der Waals surface area contributed by atoms with E-state index in [-0.39, 0.29) is 5.97 Å². The Morgan fingerprint density at radius 1 is 1.25 bits per heavy atom. The van der Waals surface area contributed by atoms with E-state index in [2.05, 4.69) is 10.8 Å². The van der Waals surface area contributed by atoms with Crippen LogP contribution in [0.5, 0.6) is 0 Å². The molecule has 0 amide bonds. The van der Waals surface area contributed by atoms with Crippen LogP contribution in [0, 0.1) is 11.3 Å². The van der Waals surface area contributed by atoms with Gasteiger partial charge in [0.25, 0.3) is 0 Å². The minimum atomic E-state index is -0.326. The van der Waals surface area contributed by atoms with Gasteiger partial charge in [0.05, 0.1) is 7.11 Å². The summed E-state index contributed by atoms with van der Waals surface area (Å²) in [7, 11) is 1.36. The molecule has 0 aromatic carbocycles. The number of carbonyl (C=O) groups is 1. The second kappa shape index (κ2) is 4.47.